The number of nitrogens with one attached hydrogen (secondary N) is 2. The smallest absolute Gasteiger partial charge is 0.264 e. The minimum absolute atomic E-state index is 0.0633. The van der Waals surface area contributed by atoms with Crippen molar-refractivity contribution < 1.29 is 19.1 Å². The first kappa shape index (κ1) is 25.2. The van der Waals surface area contributed by atoms with E-state index in [1.165, 1.54) is 0 Å². The van der Waals surface area contributed by atoms with E-state index in [1.807, 2.05) is 42.5 Å². The molecule has 0 unspecified atom stereocenters. The predicted octanol–water partition coefficient (Wildman–Crippen LogP) is 2.76. The number of anilines is 1. The van der Waals surface area contributed by atoms with Crippen LogP contribution < -0.4 is 26.0 Å². The van der Waals surface area contributed by atoms with Gasteiger partial charge < -0.3 is 26.0 Å². The van der Waals surface area contributed by atoms with Crippen molar-refractivity contribution in [1.29, 1.82) is 0 Å². The summed E-state index contributed by atoms with van der Waals surface area (Å²) in [4.78, 5) is 38.5. The number of hydrogen-bond acceptors (Lipinski definition) is 5. The molecule has 1 aliphatic rings. The summed E-state index contributed by atoms with van der Waals surface area (Å²) in [5.74, 6) is -0.217. The highest BCUT2D eigenvalue weighted by Crippen LogP contribution is 2.24. The zero-order chi connectivity index (χ0) is 24.2. The average Bonchev–Trinajstić information content (AvgIpc) is 2.83. The molecule has 8 nitrogen and oxygen atoms in total. The van der Waals surface area contributed by atoms with E-state index in [0.717, 1.165) is 49.9 Å². The monoisotopic (exact) mass is 466 g/mol. The van der Waals surface area contributed by atoms with Crippen LogP contribution in [0.15, 0.2) is 48.5 Å². The highest BCUT2D eigenvalue weighted by Gasteiger charge is 2.21. The van der Waals surface area contributed by atoms with Crippen molar-refractivity contribution in [3.05, 3.63) is 59.7 Å². The van der Waals surface area contributed by atoms with Crippen LogP contribution in [0, 0.1) is 0 Å². The second kappa shape index (κ2) is 13.3. The van der Waals surface area contributed by atoms with Crippen molar-refractivity contribution in [2.75, 3.05) is 31.1 Å². The maximum Gasteiger partial charge on any atom is 0.264 e. The Balaban J connectivity index is 1.81. The van der Waals surface area contributed by atoms with Crippen LogP contribution in [-0.2, 0) is 16.1 Å². The van der Waals surface area contributed by atoms with Gasteiger partial charge in [-0.25, -0.2) is 0 Å². The fourth-order valence-corrected chi connectivity index (χ4v) is 3.93. The Morgan fingerprint density at radius 3 is 2.56 bits per heavy atom. The Hall–Kier alpha value is -3.39. The number of carbonyl (C=O) groups is 3. The molecule has 2 aromatic carbocycles. The predicted molar refractivity (Wildman–Crippen MR) is 132 cm³/mol. The van der Waals surface area contributed by atoms with Gasteiger partial charge in [-0.2, -0.15) is 0 Å². The molecular formula is C26H34N4O4. The number of ether oxygens (including phenoxy) is 1. The summed E-state index contributed by atoms with van der Waals surface area (Å²) < 4.78 is 5.73. The van der Waals surface area contributed by atoms with Crippen LogP contribution in [0.2, 0.25) is 0 Å². The van der Waals surface area contributed by atoms with Crippen LogP contribution in [0.5, 0.6) is 5.75 Å². The summed E-state index contributed by atoms with van der Waals surface area (Å²) >= 11 is 0. The van der Waals surface area contributed by atoms with Gasteiger partial charge in [0.25, 0.3) is 11.8 Å². The van der Waals surface area contributed by atoms with Crippen LogP contribution in [0.1, 0.15) is 54.4 Å². The van der Waals surface area contributed by atoms with Gasteiger partial charge in [0.1, 0.15) is 5.75 Å². The molecule has 3 rings (SSSR count). The van der Waals surface area contributed by atoms with Crippen molar-refractivity contribution >= 4 is 23.4 Å². The third kappa shape index (κ3) is 7.88. The molecule has 0 radical (unpaired) electrons. The molecule has 0 bridgehead atoms. The fourth-order valence-electron chi connectivity index (χ4n) is 3.93. The van der Waals surface area contributed by atoms with E-state index in [9.17, 15) is 14.4 Å². The molecule has 0 saturated heterocycles. The second-order valence-corrected chi connectivity index (χ2v) is 8.41. The van der Waals surface area contributed by atoms with E-state index < -0.39 is 5.91 Å². The molecule has 0 aliphatic carbocycles. The molecule has 1 aliphatic heterocycles. The van der Waals surface area contributed by atoms with Gasteiger partial charge in [0.05, 0.1) is 0 Å². The number of para-hydroxylation sites is 1. The molecule has 4 N–H and O–H groups in total. The Kier molecular flexibility index (Phi) is 9.91. The first-order valence-corrected chi connectivity index (χ1v) is 11.9. The first-order chi connectivity index (χ1) is 16.5. The van der Waals surface area contributed by atoms with Crippen molar-refractivity contribution in [1.82, 2.24) is 10.6 Å². The Morgan fingerprint density at radius 2 is 1.76 bits per heavy atom. The minimum atomic E-state index is -0.464. The molecule has 0 aromatic heterocycles. The Morgan fingerprint density at radius 1 is 1.00 bits per heavy atom. The summed E-state index contributed by atoms with van der Waals surface area (Å²) in [6, 6.07) is 14.6. The van der Waals surface area contributed by atoms with E-state index in [2.05, 4.69) is 10.6 Å². The lowest BCUT2D eigenvalue weighted by molar-refractivity contribution is -0.120. The van der Waals surface area contributed by atoms with Crippen molar-refractivity contribution in [3.8, 4) is 5.75 Å². The van der Waals surface area contributed by atoms with Gasteiger partial charge in [0.15, 0.2) is 6.61 Å². The number of amides is 3. The number of carbonyl (C=O) groups excluding carboxylic acids is 3. The third-order valence-electron chi connectivity index (χ3n) is 5.75. The molecular weight excluding hydrogens is 432 g/mol. The van der Waals surface area contributed by atoms with Gasteiger partial charge in [0, 0.05) is 37.3 Å². The largest absolute Gasteiger partial charge is 0.484 e. The summed E-state index contributed by atoms with van der Waals surface area (Å²) in [6.07, 6.45) is 5.42. The topological polar surface area (TPSA) is 114 Å². The number of nitrogens with zero attached hydrogens (tertiary/aromatic N) is 1. The lowest BCUT2D eigenvalue weighted by Gasteiger charge is -2.26. The van der Waals surface area contributed by atoms with E-state index in [0.29, 0.717) is 24.4 Å². The zero-order valence-electron chi connectivity index (χ0n) is 19.6. The number of rotatable bonds is 7. The SMILES string of the molecule is NC(=O)CCNC(=O)c1ccc2c(c1)CNCCCCCCCN2C(=O)COc1ccccc1. The van der Waals surface area contributed by atoms with E-state index in [-0.39, 0.29) is 31.4 Å². The zero-order valence-corrected chi connectivity index (χ0v) is 19.6. The van der Waals surface area contributed by atoms with Gasteiger partial charge >= 0.3 is 0 Å². The van der Waals surface area contributed by atoms with Gasteiger partial charge in [-0.05, 0) is 55.3 Å². The van der Waals surface area contributed by atoms with Crippen LogP contribution in [0.4, 0.5) is 5.69 Å². The van der Waals surface area contributed by atoms with Crippen LogP contribution >= 0.6 is 0 Å². The Labute approximate surface area is 200 Å². The molecule has 2 aromatic rings. The average molecular weight is 467 g/mol. The molecule has 0 fully saturated rings. The maximum absolute atomic E-state index is 13.2. The molecule has 34 heavy (non-hydrogen) atoms. The number of benzene rings is 2. The van der Waals surface area contributed by atoms with Crippen LogP contribution in [0.3, 0.4) is 0 Å². The van der Waals surface area contributed by atoms with Gasteiger partial charge in [-0.1, -0.05) is 37.5 Å². The highest BCUT2D eigenvalue weighted by molar-refractivity contribution is 5.98. The van der Waals surface area contributed by atoms with E-state index in [1.54, 1.807) is 11.0 Å². The molecule has 1 heterocycles. The highest BCUT2D eigenvalue weighted by atomic mass is 16.5. The summed E-state index contributed by atoms with van der Waals surface area (Å²) in [5.41, 5.74) is 7.28. The molecule has 182 valence electrons. The third-order valence-corrected chi connectivity index (χ3v) is 5.75. The van der Waals surface area contributed by atoms with Gasteiger partial charge in [-0.3, -0.25) is 14.4 Å². The molecule has 3 amide bonds. The quantitative estimate of drug-likeness (QED) is 0.581. The molecule has 0 saturated carbocycles. The normalized spacial score (nSPS) is 14.8. The summed E-state index contributed by atoms with van der Waals surface area (Å²) in [7, 11) is 0. The van der Waals surface area contributed by atoms with E-state index in [4.69, 9.17) is 10.5 Å². The molecule has 0 spiro atoms. The standard InChI is InChI=1S/C26H34N4O4/c27-24(31)13-15-29-26(33)20-11-12-23-21(17-20)18-28-14-7-2-1-3-8-16-30(23)25(32)19-34-22-9-5-4-6-10-22/h4-6,9-12,17,28H,1-3,7-8,13-16,18-19H2,(H2,27,31)(H,29,33). The number of primary amides is 1. The van der Waals surface area contributed by atoms with Crippen LogP contribution in [-0.4, -0.2) is 44.0 Å². The lowest BCUT2D eigenvalue weighted by Crippen LogP contribution is -2.37. The maximum atomic E-state index is 13.2. The van der Waals surface area contributed by atoms with Gasteiger partial charge in [-0.15, -0.1) is 0 Å². The number of hydrogen-bond donors (Lipinski definition) is 3. The summed E-state index contributed by atoms with van der Waals surface area (Å²) in [6.45, 7) is 2.13. The first-order valence-electron chi connectivity index (χ1n) is 11.9. The number of fused-ring (bicyclic) bond motifs is 1. The second-order valence-electron chi connectivity index (χ2n) is 8.41. The summed E-state index contributed by atoms with van der Waals surface area (Å²) in [5, 5.41) is 6.16. The van der Waals surface area contributed by atoms with Crippen molar-refractivity contribution in [2.24, 2.45) is 5.73 Å². The molecule has 8 heteroatoms. The Bertz CT molecular complexity index is 965. The fraction of sp³-hybridized carbons (Fsp3) is 0.423. The number of nitrogens with two attached hydrogens (primary N) is 1. The van der Waals surface area contributed by atoms with E-state index >= 15 is 0 Å². The van der Waals surface area contributed by atoms with Gasteiger partial charge in [0.2, 0.25) is 5.91 Å². The van der Waals surface area contributed by atoms with Crippen molar-refractivity contribution in [3.63, 3.8) is 0 Å². The molecule has 0 atom stereocenters. The minimum Gasteiger partial charge on any atom is -0.484 e. The van der Waals surface area contributed by atoms with Crippen molar-refractivity contribution in [2.45, 2.75) is 45.1 Å². The van der Waals surface area contributed by atoms with Crippen LogP contribution in [0.25, 0.3) is 0 Å². The lowest BCUT2D eigenvalue weighted by atomic mass is 10.0.